The largest absolute Gasteiger partial charge is 0.303 e. The number of benzene rings is 2. The van der Waals surface area contributed by atoms with Crippen LogP contribution in [0.15, 0.2) is 48.5 Å². The van der Waals surface area contributed by atoms with Gasteiger partial charge in [-0.1, -0.05) is 36.4 Å². The molecule has 2 unspecified atom stereocenters. The molecule has 1 saturated heterocycles. The summed E-state index contributed by atoms with van der Waals surface area (Å²) in [7, 11) is 2.18. The highest BCUT2D eigenvalue weighted by atomic mass is 35.5. The number of nitro groups is 1. The maximum Gasteiger partial charge on any atom is 0.269 e. The lowest BCUT2D eigenvalue weighted by Crippen LogP contribution is -2.50. The number of hydrogen-bond acceptors (Lipinski definition) is 4. The molecule has 26 heavy (non-hydrogen) atoms. The van der Waals surface area contributed by atoms with Gasteiger partial charge in [-0.3, -0.25) is 15.0 Å². The minimum Gasteiger partial charge on any atom is -0.303 e. The van der Waals surface area contributed by atoms with Crippen molar-refractivity contribution in [1.82, 2.24) is 9.80 Å². The highest BCUT2D eigenvalue weighted by Gasteiger charge is 2.36. The molecule has 1 fully saturated rings. The molecule has 5 nitrogen and oxygen atoms in total. The lowest BCUT2D eigenvalue weighted by atomic mass is 9.80. The van der Waals surface area contributed by atoms with Gasteiger partial charge in [-0.15, -0.1) is 24.8 Å². The van der Waals surface area contributed by atoms with E-state index in [0.717, 1.165) is 31.7 Å². The average Bonchev–Trinajstić information content (AvgIpc) is 2.61. The Morgan fingerprint density at radius 1 is 0.962 bits per heavy atom. The van der Waals surface area contributed by atoms with E-state index in [1.54, 1.807) is 12.1 Å². The van der Waals surface area contributed by atoms with Gasteiger partial charge in [0.15, 0.2) is 0 Å². The van der Waals surface area contributed by atoms with Gasteiger partial charge in [0, 0.05) is 50.3 Å². The second-order valence-corrected chi connectivity index (χ2v) is 6.80. The normalized spacial score (nSPS) is 22.3. The SMILES string of the molecule is CN1CCN2CC(c3ccc([N+](=O)[O-])cc3)c3ccccc3C2C1.Cl.Cl. The Morgan fingerprint density at radius 3 is 2.27 bits per heavy atom. The number of halogens is 2. The van der Waals surface area contributed by atoms with Gasteiger partial charge in [0.25, 0.3) is 5.69 Å². The molecule has 140 valence electrons. The summed E-state index contributed by atoms with van der Waals surface area (Å²) < 4.78 is 0. The van der Waals surface area contributed by atoms with Gasteiger partial charge < -0.3 is 4.90 Å². The molecule has 0 aromatic heterocycles. The first-order chi connectivity index (χ1) is 11.6. The topological polar surface area (TPSA) is 49.6 Å². The van der Waals surface area contributed by atoms with Crippen LogP contribution in [0.1, 0.15) is 28.7 Å². The van der Waals surface area contributed by atoms with Crippen molar-refractivity contribution in [3.8, 4) is 0 Å². The van der Waals surface area contributed by atoms with Crippen molar-refractivity contribution in [3.63, 3.8) is 0 Å². The summed E-state index contributed by atoms with van der Waals surface area (Å²) in [6.45, 7) is 4.20. The van der Waals surface area contributed by atoms with Crippen molar-refractivity contribution in [3.05, 3.63) is 75.3 Å². The summed E-state index contributed by atoms with van der Waals surface area (Å²) >= 11 is 0. The van der Waals surface area contributed by atoms with Crippen LogP contribution in [0.5, 0.6) is 0 Å². The van der Waals surface area contributed by atoms with Gasteiger partial charge in [-0.2, -0.15) is 0 Å². The molecular weight excluding hydrogens is 373 g/mol. The second kappa shape index (κ2) is 8.35. The van der Waals surface area contributed by atoms with E-state index in [0.29, 0.717) is 6.04 Å². The van der Waals surface area contributed by atoms with Gasteiger partial charge in [0.1, 0.15) is 0 Å². The van der Waals surface area contributed by atoms with E-state index < -0.39 is 0 Å². The first-order valence-electron chi connectivity index (χ1n) is 8.39. The van der Waals surface area contributed by atoms with Gasteiger partial charge in [0.05, 0.1) is 4.92 Å². The number of likely N-dealkylation sites (N-methyl/N-ethyl adjacent to an activating group) is 1. The molecule has 0 saturated carbocycles. The lowest BCUT2D eigenvalue weighted by Gasteiger charge is -2.46. The highest BCUT2D eigenvalue weighted by Crippen LogP contribution is 2.40. The summed E-state index contributed by atoms with van der Waals surface area (Å²) in [5, 5.41) is 10.9. The summed E-state index contributed by atoms with van der Waals surface area (Å²) in [5.74, 6) is 0.279. The Hall–Kier alpha value is -1.66. The first-order valence-corrected chi connectivity index (χ1v) is 8.39. The molecule has 7 heteroatoms. The van der Waals surface area contributed by atoms with Crippen LogP contribution in [0.3, 0.4) is 0 Å². The molecule has 2 aromatic rings. The summed E-state index contributed by atoms with van der Waals surface area (Å²) in [6.07, 6.45) is 0. The van der Waals surface area contributed by atoms with Crippen LogP contribution in [0, 0.1) is 10.1 Å². The predicted octanol–water partition coefficient (Wildman–Crippen LogP) is 3.87. The number of rotatable bonds is 2. The summed E-state index contributed by atoms with van der Waals surface area (Å²) in [4.78, 5) is 15.5. The van der Waals surface area contributed by atoms with Crippen LogP contribution in [-0.2, 0) is 0 Å². The van der Waals surface area contributed by atoms with E-state index in [4.69, 9.17) is 0 Å². The maximum absolute atomic E-state index is 10.9. The zero-order valence-electron chi connectivity index (χ0n) is 14.6. The van der Waals surface area contributed by atoms with Crippen molar-refractivity contribution in [2.45, 2.75) is 12.0 Å². The monoisotopic (exact) mass is 395 g/mol. The third-order valence-corrected chi connectivity index (χ3v) is 5.35. The van der Waals surface area contributed by atoms with Crippen LogP contribution < -0.4 is 0 Å². The number of nitro benzene ring substituents is 1. The maximum atomic E-state index is 10.9. The smallest absolute Gasteiger partial charge is 0.269 e. The molecule has 0 N–H and O–H groups in total. The van der Waals surface area contributed by atoms with Gasteiger partial charge in [0.2, 0.25) is 0 Å². The molecule has 0 aliphatic carbocycles. The van der Waals surface area contributed by atoms with Crippen LogP contribution in [0.25, 0.3) is 0 Å². The van der Waals surface area contributed by atoms with Crippen molar-refractivity contribution >= 4 is 30.5 Å². The molecule has 0 radical (unpaired) electrons. The lowest BCUT2D eigenvalue weighted by molar-refractivity contribution is -0.384. The molecule has 0 bridgehead atoms. The van der Waals surface area contributed by atoms with Crippen molar-refractivity contribution in [2.24, 2.45) is 0 Å². The average molecular weight is 396 g/mol. The molecular formula is C19H23Cl2N3O2. The van der Waals surface area contributed by atoms with Crippen LogP contribution in [0.4, 0.5) is 5.69 Å². The fraction of sp³-hybridized carbons (Fsp3) is 0.368. The summed E-state index contributed by atoms with van der Waals surface area (Å²) in [6, 6.07) is 16.2. The zero-order chi connectivity index (χ0) is 16.7. The Balaban J connectivity index is 0.00000121. The van der Waals surface area contributed by atoms with Crippen molar-refractivity contribution < 1.29 is 4.92 Å². The Kier molecular flexibility index (Phi) is 6.64. The standard InChI is InChI=1S/C19H21N3O2.2ClH/c1-20-10-11-21-12-18(14-6-8-15(9-7-14)22(23)24)16-4-2-3-5-17(16)19(21)13-20;;/h2-9,18-19H,10-13H2,1H3;2*1H. The fourth-order valence-electron chi connectivity index (χ4n) is 4.05. The number of hydrogen-bond donors (Lipinski definition) is 0. The number of non-ortho nitro benzene ring substituents is 1. The molecule has 4 rings (SSSR count). The van der Waals surface area contributed by atoms with Crippen molar-refractivity contribution in [1.29, 1.82) is 0 Å². The summed E-state index contributed by atoms with van der Waals surface area (Å²) in [5.41, 5.74) is 4.08. The minimum atomic E-state index is -0.338. The quantitative estimate of drug-likeness (QED) is 0.571. The molecule has 2 aromatic carbocycles. The van der Waals surface area contributed by atoms with Gasteiger partial charge in [-0.25, -0.2) is 0 Å². The molecule has 2 heterocycles. The van der Waals surface area contributed by atoms with Gasteiger partial charge >= 0.3 is 0 Å². The Bertz CT molecular complexity index is 770. The van der Waals surface area contributed by atoms with E-state index in [9.17, 15) is 10.1 Å². The second-order valence-electron chi connectivity index (χ2n) is 6.80. The Labute approximate surface area is 166 Å². The zero-order valence-corrected chi connectivity index (χ0v) is 16.2. The first kappa shape index (κ1) is 20.6. The van der Waals surface area contributed by atoms with Gasteiger partial charge in [-0.05, 0) is 23.7 Å². The van der Waals surface area contributed by atoms with Crippen LogP contribution in [0.2, 0.25) is 0 Å². The molecule has 2 atom stereocenters. The molecule has 0 amide bonds. The van der Waals surface area contributed by atoms with E-state index in [-0.39, 0.29) is 41.3 Å². The van der Waals surface area contributed by atoms with E-state index in [2.05, 4.69) is 41.1 Å². The van der Waals surface area contributed by atoms with E-state index in [1.165, 1.54) is 11.1 Å². The third kappa shape index (κ3) is 3.71. The fourth-order valence-corrected chi connectivity index (χ4v) is 4.05. The molecule has 0 spiro atoms. The van der Waals surface area contributed by atoms with Crippen LogP contribution >= 0.6 is 24.8 Å². The van der Waals surface area contributed by atoms with Crippen LogP contribution in [-0.4, -0.2) is 47.9 Å². The molecule has 2 aliphatic heterocycles. The van der Waals surface area contributed by atoms with E-state index >= 15 is 0 Å². The number of piperazine rings is 1. The van der Waals surface area contributed by atoms with E-state index in [1.807, 2.05) is 12.1 Å². The predicted molar refractivity (Wildman–Crippen MR) is 108 cm³/mol. The third-order valence-electron chi connectivity index (χ3n) is 5.35. The number of nitrogens with zero attached hydrogens (tertiary/aromatic N) is 3. The number of fused-ring (bicyclic) bond motifs is 3. The highest BCUT2D eigenvalue weighted by molar-refractivity contribution is 5.85. The van der Waals surface area contributed by atoms with Crippen molar-refractivity contribution in [2.75, 3.05) is 33.2 Å². The molecule has 2 aliphatic rings. The minimum absolute atomic E-state index is 0. The Morgan fingerprint density at radius 2 is 1.62 bits per heavy atom.